The van der Waals surface area contributed by atoms with Gasteiger partial charge in [0.15, 0.2) is 5.65 Å². The number of para-hydroxylation sites is 1. The summed E-state index contributed by atoms with van der Waals surface area (Å²) in [5.41, 5.74) is 1.62. The minimum absolute atomic E-state index is 0.278. The van der Waals surface area contributed by atoms with Gasteiger partial charge in [0.25, 0.3) is 0 Å². The molecule has 0 unspecified atom stereocenters. The van der Waals surface area contributed by atoms with Crippen LogP contribution in [0, 0.1) is 0 Å². The highest BCUT2D eigenvalue weighted by atomic mass is 16.1. The molecule has 0 bridgehead atoms. The molecule has 6 nitrogen and oxygen atoms in total. The predicted molar refractivity (Wildman–Crippen MR) is 53.8 cm³/mol. The maximum atomic E-state index is 11.0. The summed E-state index contributed by atoms with van der Waals surface area (Å²) in [6.07, 6.45) is 0. The van der Waals surface area contributed by atoms with Gasteiger partial charge in [0, 0.05) is 0 Å². The van der Waals surface area contributed by atoms with Crippen molar-refractivity contribution in [3.05, 3.63) is 40.8 Å². The second-order valence-electron chi connectivity index (χ2n) is 3.11. The molecule has 2 N–H and O–H groups in total. The first-order valence-electron chi connectivity index (χ1n) is 4.44. The van der Waals surface area contributed by atoms with Gasteiger partial charge in [0.05, 0.1) is 5.69 Å². The number of rotatable bonds is 1. The summed E-state index contributed by atoms with van der Waals surface area (Å²) >= 11 is 0. The summed E-state index contributed by atoms with van der Waals surface area (Å²) in [4.78, 5) is 16.2. The van der Waals surface area contributed by atoms with E-state index in [0.29, 0.717) is 11.3 Å². The number of benzene rings is 1. The summed E-state index contributed by atoms with van der Waals surface area (Å²) in [5.74, 6) is 0. The van der Waals surface area contributed by atoms with Crippen molar-refractivity contribution in [1.29, 1.82) is 0 Å². The van der Waals surface area contributed by atoms with E-state index in [1.54, 1.807) is 4.68 Å². The number of fused-ring (bicyclic) bond motifs is 1. The average Bonchev–Trinajstić information content (AvgIpc) is 2.77. The van der Waals surface area contributed by atoms with Crippen LogP contribution < -0.4 is 5.69 Å². The SMILES string of the molecule is O=c1[nH]c2nnn(-c3ccccc3)c2[nH]1. The van der Waals surface area contributed by atoms with Crippen molar-refractivity contribution >= 4 is 11.3 Å². The second kappa shape index (κ2) is 2.81. The molecule has 2 aromatic heterocycles. The molecule has 0 fully saturated rings. The van der Waals surface area contributed by atoms with Gasteiger partial charge >= 0.3 is 5.69 Å². The van der Waals surface area contributed by atoms with Crippen LogP contribution >= 0.6 is 0 Å². The van der Waals surface area contributed by atoms with Gasteiger partial charge in [0.2, 0.25) is 5.65 Å². The van der Waals surface area contributed by atoms with E-state index in [0.717, 1.165) is 5.69 Å². The molecule has 2 heterocycles. The Morgan fingerprint density at radius 3 is 2.73 bits per heavy atom. The van der Waals surface area contributed by atoms with Crippen molar-refractivity contribution < 1.29 is 0 Å². The van der Waals surface area contributed by atoms with Crippen LogP contribution in [-0.4, -0.2) is 25.0 Å². The molecule has 0 atom stereocenters. The molecule has 0 aliphatic rings. The molecule has 0 amide bonds. The number of H-pyrrole nitrogens is 2. The van der Waals surface area contributed by atoms with Crippen molar-refractivity contribution in [1.82, 2.24) is 25.0 Å². The zero-order valence-electron chi connectivity index (χ0n) is 7.64. The quantitative estimate of drug-likeness (QED) is 0.599. The highest BCUT2D eigenvalue weighted by molar-refractivity contribution is 5.66. The van der Waals surface area contributed by atoms with Gasteiger partial charge < -0.3 is 0 Å². The van der Waals surface area contributed by atoms with E-state index in [2.05, 4.69) is 20.3 Å². The zero-order valence-corrected chi connectivity index (χ0v) is 7.64. The zero-order chi connectivity index (χ0) is 10.3. The van der Waals surface area contributed by atoms with Crippen molar-refractivity contribution in [2.24, 2.45) is 0 Å². The molecule has 0 saturated carbocycles. The molecule has 0 aliphatic carbocycles. The Morgan fingerprint density at radius 2 is 1.93 bits per heavy atom. The first-order chi connectivity index (χ1) is 7.34. The van der Waals surface area contributed by atoms with Gasteiger partial charge in [-0.1, -0.05) is 23.4 Å². The Bertz CT molecular complexity index is 648. The molecule has 3 rings (SSSR count). The van der Waals surface area contributed by atoms with Gasteiger partial charge in [-0.25, -0.2) is 4.79 Å². The fourth-order valence-corrected chi connectivity index (χ4v) is 1.47. The minimum atomic E-state index is -0.278. The monoisotopic (exact) mass is 201 g/mol. The van der Waals surface area contributed by atoms with Crippen LogP contribution in [0.5, 0.6) is 0 Å². The lowest BCUT2D eigenvalue weighted by atomic mass is 10.3. The number of aromatic nitrogens is 5. The molecule has 1 aromatic carbocycles. The van der Waals surface area contributed by atoms with Crippen LogP contribution in [-0.2, 0) is 0 Å². The normalized spacial score (nSPS) is 10.9. The number of aromatic amines is 2. The number of nitrogens with one attached hydrogen (secondary N) is 2. The molecular weight excluding hydrogens is 194 g/mol. The smallest absolute Gasteiger partial charge is 0.289 e. The Balaban J connectivity index is 2.31. The summed E-state index contributed by atoms with van der Waals surface area (Å²) in [7, 11) is 0. The van der Waals surface area contributed by atoms with Gasteiger partial charge in [-0.15, -0.1) is 5.10 Å². The van der Waals surface area contributed by atoms with Gasteiger partial charge in [-0.2, -0.15) is 4.68 Å². The highest BCUT2D eigenvalue weighted by Crippen LogP contribution is 2.10. The summed E-state index contributed by atoms with van der Waals surface area (Å²) < 4.78 is 1.58. The molecule has 15 heavy (non-hydrogen) atoms. The standard InChI is InChI=1S/C9H7N5O/c15-9-10-7-8(11-9)14(13-12-7)6-4-2-1-3-5-6/h1-5H,(H2,10,11,15). The second-order valence-corrected chi connectivity index (χ2v) is 3.11. The molecular formula is C9H7N5O. The Hall–Kier alpha value is -2.37. The lowest BCUT2D eigenvalue weighted by Crippen LogP contribution is -2.04. The third-order valence-electron chi connectivity index (χ3n) is 2.13. The van der Waals surface area contributed by atoms with Crippen LogP contribution in [0.15, 0.2) is 35.1 Å². The van der Waals surface area contributed by atoms with E-state index < -0.39 is 0 Å². The van der Waals surface area contributed by atoms with Crippen molar-refractivity contribution in [3.8, 4) is 5.69 Å². The summed E-state index contributed by atoms with van der Waals surface area (Å²) in [6, 6.07) is 9.48. The largest absolute Gasteiger partial charge is 0.326 e. The van der Waals surface area contributed by atoms with Crippen LogP contribution in [0.2, 0.25) is 0 Å². The first kappa shape index (κ1) is 7.98. The Labute approximate surface area is 83.6 Å². The molecule has 0 aliphatic heterocycles. The summed E-state index contributed by atoms with van der Waals surface area (Å²) in [6.45, 7) is 0. The first-order valence-corrected chi connectivity index (χ1v) is 4.44. The van der Waals surface area contributed by atoms with E-state index in [9.17, 15) is 4.79 Å². The maximum Gasteiger partial charge on any atom is 0.326 e. The average molecular weight is 201 g/mol. The Morgan fingerprint density at radius 1 is 1.13 bits per heavy atom. The third kappa shape index (κ3) is 1.15. The van der Waals surface area contributed by atoms with Crippen LogP contribution in [0.3, 0.4) is 0 Å². The van der Waals surface area contributed by atoms with Gasteiger partial charge in [-0.05, 0) is 12.1 Å². The van der Waals surface area contributed by atoms with E-state index in [1.165, 1.54) is 0 Å². The van der Waals surface area contributed by atoms with Gasteiger partial charge in [-0.3, -0.25) is 9.97 Å². The fourth-order valence-electron chi connectivity index (χ4n) is 1.47. The number of nitrogens with zero attached hydrogens (tertiary/aromatic N) is 3. The van der Waals surface area contributed by atoms with Crippen molar-refractivity contribution in [2.75, 3.05) is 0 Å². The summed E-state index contributed by atoms with van der Waals surface area (Å²) in [5, 5.41) is 7.77. The van der Waals surface area contributed by atoms with E-state index in [4.69, 9.17) is 0 Å². The number of imidazole rings is 1. The predicted octanol–water partition coefficient (Wildman–Crippen LogP) is 0.437. The minimum Gasteiger partial charge on any atom is -0.289 e. The van der Waals surface area contributed by atoms with Gasteiger partial charge in [0.1, 0.15) is 0 Å². The Kier molecular flexibility index (Phi) is 1.49. The number of hydrogen-bond acceptors (Lipinski definition) is 3. The van der Waals surface area contributed by atoms with E-state index in [-0.39, 0.29) is 5.69 Å². The van der Waals surface area contributed by atoms with Crippen LogP contribution in [0.1, 0.15) is 0 Å². The van der Waals surface area contributed by atoms with Crippen LogP contribution in [0.25, 0.3) is 17.0 Å². The third-order valence-corrected chi connectivity index (χ3v) is 2.13. The molecule has 3 aromatic rings. The highest BCUT2D eigenvalue weighted by Gasteiger charge is 2.08. The van der Waals surface area contributed by atoms with E-state index >= 15 is 0 Å². The maximum absolute atomic E-state index is 11.0. The molecule has 74 valence electrons. The lowest BCUT2D eigenvalue weighted by Gasteiger charge is -1.97. The molecule has 0 radical (unpaired) electrons. The van der Waals surface area contributed by atoms with Crippen molar-refractivity contribution in [3.63, 3.8) is 0 Å². The molecule has 0 spiro atoms. The topological polar surface area (TPSA) is 79.4 Å². The van der Waals surface area contributed by atoms with Crippen LogP contribution in [0.4, 0.5) is 0 Å². The molecule has 6 heteroatoms. The molecule has 0 saturated heterocycles. The van der Waals surface area contributed by atoms with E-state index in [1.807, 2.05) is 30.3 Å². The lowest BCUT2D eigenvalue weighted by molar-refractivity contribution is 0.809. The fraction of sp³-hybridized carbons (Fsp3) is 0. The number of hydrogen-bond donors (Lipinski definition) is 2. The van der Waals surface area contributed by atoms with Crippen molar-refractivity contribution in [2.45, 2.75) is 0 Å².